The molecule has 16 heavy (non-hydrogen) atoms. The Morgan fingerprint density at radius 2 is 2.31 bits per heavy atom. The first-order valence-corrected chi connectivity index (χ1v) is 5.38. The molecule has 0 aliphatic heterocycles. The number of hydrogen-bond acceptors (Lipinski definition) is 6. The molecule has 0 aliphatic rings. The second kappa shape index (κ2) is 6.95. The monoisotopic (exact) mass is 227 g/mol. The van der Waals surface area contributed by atoms with Crippen LogP contribution < -0.4 is 5.32 Å². The Labute approximate surface area is 94.4 Å². The summed E-state index contributed by atoms with van der Waals surface area (Å²) in [7, 11) is 0. The highest BCUT2D eigenvalue weighted by Crippen LogP contribution is 1.94. The van der Waals surface area contributed by atoms with E-state index in [4.69, 9.17) is 9.26 Å². The van der Waals surface area contributed by atoms with Crippen molar-refractivity contribution < 1.29 is 14.1 Å². The molecular weight excluding hydrogens is 210 g/mol. The minimum Gasteiger partial charge on any atom is -0.466 e. The summed E-state index contributed by atoms with van der Waals surface area (Å²) in [5.74, 6) is 1.08. The maximum atomic E-state index is 11.0. The van der Waals surface area contributed by atoms with Crippen LogP contribution in [-0.4, -0.2) is 35.8 Å². The van der Waals surface area contributed by atoms with Gasteiger partial charge < -0.3 is 14.6 Å². The van der Waals surface area contributed by atoms with E-state index in [2.05, 4.69) is 15.5 Å². The van der Waals surface area contributed by atoms with Crippen molar-refractivity contribution >= 4 is 5.97 Å². The average molecular weight is 227 g/mol. The van der Waals surface area contributed by atoms with E-state index in [9.17, 15) is 4.79 Å². The Morgan fingerprint density at radius 1 is 1.50 bits per heavy atom. The van der Waals surface area contributed by atoms with Crippen molar-refractivity contribution in [3.05, 3.63) is 11.7 Å². The van der Waals surface area contributed by atoms with Crippen molar-refractivity contribution in [1.82, 2.24) is 15.5 Å². The molecule has 1 aromatic heterocycles. The molecule has 1 rings (SSSR count). The summed E-state index contributed by atoms with van der Waals surface area (Å²) in [4.78, 5) is 15.0. The molecule has 0 atom stereocenters. The van der Waals surface area contributed by atoms with Gasteiger partial charge >= 0.3 is 5.97 Å². The summed E-state index contributed by atoms with van der Waals surface area (Å²) in [6.07, 6.45) is 1.08. The van der Waals surface area contributed by atoms with Gasteiger partial charge in [0.1, 0.15) is 0 Å². The number of rotatable bonds is 7. The highest BCUT2D eigenvalue weighted by molar-refractivity contribution is 5.69. The zero-order valence-electron chi connectivity index (χ0n) is 9.65. The van der Waals surface area contributed by atoms with E-state index in [0.717, 1.165) is 6.54 Å². The highest BCUT2D eigenvalue weighted by Gasteiger charge is 2.02. The van der Waals surface area contributed by atoms with Crippen LogP contribution in [0.15, 0.2) is 4.52 Å². The standard InChI is InChI=1S/C10H17N3O3/c1-3-15-10(14)5-7-11-6-4-9-12-8(2)16-13-9/h11H,3-7H2,1-2H3. The molecule has 1 heterocycles. The van der Waals surface area contributed by atoms with E-state index in [1.54, 1.807) is 13.8 Å². The van der Waals surface area contributed by atoms with Crippen molar-refractivity contribution in [2.45, 2.75) is 26.7 Å². The fourth-order valence-corrected chi connectivity index (χ4v) is 1.19. The lowest BCUT2D eigenvalue weighted by Crippen LogP contribution is -2.22. The van der Waals surface area contributed by atoms with Gasteiger partial charge in [0, 0.05) is 26.4 Å². The van der Waals surface area contributed by atoms with Gasteiger partial charge in [-0.2, -0.15) is 4.98 Å². The smallest absolute Gasteiger partial charge is 0.307 e. The van der Waals surface area contributed by atoms with Crippen LogP contribution in [0.1, 0.15) is 25.1 Å². The molecule has 90 valence electrons. The van der Waals surface area contributed by atoms with Crippen LogP contribution in [0.25, 0.3) is 0 Å². The molecular formula is C10H17N3O3. The number of hydrogen-bond donors (Lipinski definition) is 1. The van der Waals surface area contributed by atoms with E-state index < -0.39 is 0 Å². The zero-order valence-corrected chi connectivity index (χ0v) is 9.65. The number of nitrogens with zero attached hydrogens (tertiary/aromatic N) is 2. The molecule has 0 saturated heterocycles. The van der Waals surface area contributed by atoms with Crippen LogP contribution in [0.3, 0.4) is 0 Å². The number of ether oxygens (including phenoxy) is 1. The molecule has 0 fully saturated rings. The van der Waals surface area contributed by atoms with Crippen LogP contribution in [0, 0.1) is 6.92 Å². The van der Waals surface area contributed by atoms with Crippen LogP contribution >= 0.6 is 0 Å². The molecule has 0 aliphatic carbocycles. The summed E-state index contributed by atoms with van der Waals surface area (Å²) in [5.41, 5.74) is 0. The lowest BCUT2D eigenvalue weighted by Gasteiger charge is -2.02. The van der Waals surface area contributed by atoms with Gasteiger partial charge in [0.25, 0.3) is 0 Å². The zero-order chi connectivity index (χ0) is 11.8. The summed E-state index contributed by atoms with van der Waals surface area (Å²) in [6, 6.07) is 0. The van der Waals surface area contributed by atoms with Gasteiger partial charge in [-0.3, -0.25) is 4.79 Å². The number of aryl methyl sites for hydroxylation is 1. The second-order valence-electron chi connectivity index (χ2n) is 3.28. The molecule has 0 spiro atoms. The van der Waals surface area contributed by atoms with E-state index >= 15 is 0 Å². The first-order chi connectivity index (χ1) is 7.72. The minimum atomic E-state index is -0.176. The van der Waals surface area contributed by atoms with Crippen LogP contribution in [0.2, 0.25) is 0 Å². The second-order valence-corrected chi connectivity index (χ2v) is 3.28. The Kier molecular flexibility index (Phi) is 5.49. The number of nitrogens with one attached hydrogen (secondary N) is 1. The van der Waals surface area contributed by atoms with Crippen LogP contribution in [-0.2, 0) is 16.0 Å². The SMILES string of the molecule is CCOC(=O)CCNCCc1noc(C)n1. The van der Waals surface area contributed by atoms with E-state index in [1.807, 2.05) is 0 Å². The highest BCUT2D eigenvalue weighted by atomic mass is 16.5. The van der Waals surface area contributed by atoms with Gasteiger partial charge in [-0.05, 0) is 6.92 Å². The quantitative estimate of drug-likeness (QED) is 0.538. The fraction of sp³-hybridized carbons (Fsp3) is 0.700. The van der Waals surface area contributed by atoms with Gasteiger partial charge in [-0.15, -0.1) is 0 Å². The molecule has 0 saturated carbocycles. The van der Waals surface area contributed by atoms with Crippen molar-refractivity contribution in [3.63, 3.8) is 0 Å². The number of carbonyl (C=O) groups excluding carboxylic acids is 1. The maximum absolute atomic E-state index is 11.0. The van der Waals surface area contributed by atoms with Crippen molar-refractivity contribution in [2.24, 2.45) is 0 Å². The third kappa shape index (κ3) is 4.88. The van der Waals surface area contributed by atoms with Gasteiger partial charge in [0.2, 0.25) is 5.89 Å². The predicted octanol–water partition coefficient (Wildman–Crippen LogP) is 0.463. The summed E-state index contributed by atoms with van der Waals surface area (Å²) in [5, 5.41) is 6.87. The molecule has 6 heteroatoms. The molecule has 0 aromatic carbocycles. The van der Waals surface area contributed by atoms with Gasteiger partial charge in [-0.1, -0.05) is 5.16 Å². The molecule has 0 unspecified atom stereocenters. The summed E-state index contributed by atoms with van der Waals surface area (Å²) >= 11 is 0. The molecule has 6 nitrogen and oxygen atoms in total. The first kappa shape index (κ1) is 12.6. The van der Waals surface area contributed by atoms with Gasteiger partial charge in [-0.25, -0.2) is 0 Å². The summed E-state index contributed by atoms with van der Waals surface area (Å²) in [6.45, 7) is 5.31. The molecule has 1 N–H and O–H groups in total. The number of carbonyl (C=O) groups is 1. The third-order valence-corrected chi connectivity index (χ3v) is 1.91. The van der Waals surface area contributed by atoms with E-state index in [-0.39, 0.29) is 5.97 Å². The number of esters is 1. The lowest BCUT2D eigenvalue weighted by molar-refractivity contribution is -0.142. The molecule has 0 amide bonds. The Balaban J connectivity index is 2.02. The average Bonchev–Trinajstić information content (AvgIpc) is 2.64. The topological polar surface area (TPSA) is 77.2 Å². The Hall–Kier alpha value is -1.43. The summed E-state index contributed by atoms with van der Waals surface area (Å²) < 4.78 is 9.62. The van der Waals surface area contributed by atoms with E-state index in [1.165, 1.54) is 0 Å². The third-order valence-electron chi connectivity index (χ3n) is 1.91. The van der Waals surface area contributed by atoms with E-state index in [0.29, 0.717) is 37.7 Å². The molecule has 0 radical (unpaired) electrons. The fourth-order valence-electron chi connectivity index (χ4n) is 1.19. The normalized spacial score (nSPS) is 10.4. The molecule has 1 aromatic rings. The van der Waals surface area contributed by atoms with Crippen LogP contribution in [0.4, 0.5) is 0 Å². The molecule has 0 bridgehead atoms. The predicted molar refractivity (Wildman–Crippen MR) is 56.9 cm³/mol. The van der Waals surface area contributed by atoms with Gasteiger partial charge in [0.05, 0.1) is 13.0 Å². The van der Waals surface area contributed by atoms with Crippen molar-refractivity contribution in [2.75, 3.05) is 19.7 Å². The Bertz CT molecular complexity index is 325. The number of aromatic nitrogens is 2. The van der Waals surface area contributed by atoms with Crippen molar-refractivity contribution in [1.29, 1.82) is 0 Å². The van der Waals surface area contributed by atoms with Crippen LogP contribution in [0.5, 0.6) is 0 Å². The van der Waals surface area contributed by atoms with Crippen molar-refractivity contribution in [3.8, 4) is 0 Å². The minimum absolute atomic E-state index is 0.176. The van der Waals surface area contributed by atoms with Gasteiger partial charge in [0.15, 0.2) is 5.82 Å². The Morgan fingerprint density at radius 3 is 2.94 bits per heavy atom. The lowest BCUT2D eigenvalue weighted by atomic mass is 10.3. The largest absolute Gasteiger partial charge is 0.466 e. The maximum Gasteiger partial charge on any atom is 0.307 e. The first-order valence-electron chi connectivity index (χ1n) is 5.38.